The Bertz CT molecular complexity index is 254. The summed E-state index contributed by atoms with van der Waals surface area (Å²) in [6.07, 6.45) is 2.28. The Morgan fingerprint density at radius 2 is 1.75 bits per heavy atom. The van der Waals surface area contributed by atoms with Crippen LogP contribution in [0.2, 0.25) is 0 Å². The molecule has 0 aliphatic carbocycles. The lowest BCUT2D eigenvalue weighted by Gasteiger charge is -2.25. The SMILES string of the molecule is CCNC(=NCC(CC(C)C)N(C)C)NC(C)CC.I. The molecule has 4 nitrogen and oxygen atoms in total. The minimum atomic E-state index is 0. The Morgan fingerprint density at radius 3 is 2.15 bits per heavy atom. The normalized spacial score (nSPS) is 14.9. The number of nitrogens with zero attached hydrogens (tertiary/aromatic N) is 2. The van der Waals surface area contributed by atoms with Gasteiger partial charge < -0.3 is 15.5 Å². The van der Waals surface area contributed by atoms with Gasteiger partial charge in [0.1, 0.15) is 0 Å². The standard InChI is InChI=1S/C15H34N4.HI/c1-8-13(5)18-15(16-9-2)17-11-14(19(6)7)10-12(3)4;/h12-14H,8-11H2,1-7H3,(H2,16,17,18);1H. The van der Waals surface area contributed by atoms with E-state index in [0.717, 1.165) is 25.5 Å². The van der Waals surface area contributed by atoms with Crippen LogP contribution in [0.15, 0.2) is 4.99 Å². The first-order valence-electron chi connectivity index (χ1n) is 7.61. The van der Waals surface area contributed by atoms with Gasteiger partial charge in [0, 0.05) is 18.6 Å². The second-order valence-corrected chi connectivity index (χ2v) is 5.92. The maximum absolute atomic E-state index is 4.73. The van der Waals surface area contributed by atoms with Gasteiger partial charge in [0.2, 0.25) is 0 Å². The van der Waals surface area contributed by atoms with E-state index in [1.807, 2.05) is 0 Å². The summed E-state index contributed by atoms with van der Waals surface area (Å²) in [6, 6.07) is 0.966. The Balaban J connectivity index is 0. The number of aliphatic imine (C=N–C) groups is 1. The molecule has 0 rings (SSSR count). The summed E-state index contributed by atoms with van der Waals surface area (Å²) in [5, 5.41) is 6.75. The van der Waals surface area contributed by atoms with E-state index in [0.29, 0.717) is 18.0 Å². The summed E-state index contributed by atoms with van der Waals surface area (Å²) in [5.41, 5.74) is 0. The Hall–Kier alpha value is -0.0400. The van der Waals surface area contributed by atoms with Crippen LogP contribution in [0.1, 0.15) is 47.5 Å². The van der Waals surface area contributed by atoms with Crippen molar-refractivity contribution in [2.24, 2.45) is 10.9 Å². The second kappa shape index (κ2) is 12.7. The van der Waals surface area contributed by atoms with Gasteiger partial charge in [0.05, 0.1) is 6.54 Å². The van der Waals surface area contributed by atoms with E-state index in [1.54, 1.807) is 0 Å². The molecule has 2 N–H and O–H groups in total. The van der Waals surface area contributed by atoms with Crippen LogP contribution in [0.4, 0.5) is 0 Å². The van der Waals surface area contributed by atoms with Crippen molar-refractivity contribution in [1.29, 1.82) is 0 Å². The molecular weight excluding hydrogens is 363 g/mol. The smallest absolute Gasteiger partial charge is 0.191 e. The van der Waals surface area contributed by atoms with Gasteiger partial charge in [-0.1, -0.05) is 20.8 Å². The minimum Gasteiger partial charge on any atom is -0.357 e. The molecule has 0 aromatic rings. The maximum Gasteiger partial charge on any atom is 0.191 e. The van der Waals surface area contributed by atoms with Crippen molar-refractivity contribution in [1.82, 2.24) is 15.5 Å². The Labute approximate surface area is 143 Å². The summed E-state index contributed by atoms with van der Waals surface area (Å²) in [4.78, 5) is 7.00. The number of rotatable bonds is 8. The molecule has 2 atom stereocenters. The van der Waals surface area contributed by atoms with Gasteiger partial charge in [0.25, 0.3) is 0 Å². The molecule has 0 aromatic heterocycles. The number of hydrogen-bond donors (Lipinski definition) is 2. The molecule has 2 unspecified atom stereocenters. The summed E-state index contributed by atoms with van der Waals surface area (Å²) >= 11 is 0. The molecule has 0 bridgehead atoms. The fourth-order valence-corrected chi connectivity index (χ4v) is 1.84. The largest absolute Gasteiger partial charge is 0.357 e. The molecular formula is C15H35IN4. The third-order valence-corrected chi connectivity index (χ3v) is 3.27. The third-order valence-electron chi connectivity index (χ3n) is 3.27. The number of hydrogen-bond acceptors (Lipinski definition) is 2. The van der Waals surface area contributed by atoms with Gasteiger partial charge in [-0.25, -0.2) is 0 Å². The summed E-state index contributed by atoms with van der Waals surface area (Å²) in [7, 11) is 4.27. The molecule has 0 saturated carbocycles. The maximum atomic E-state index is 4.73. The van der Waals surface area contributed by atoms with Gasteiger partial charge in [-0.15, -0.1) is 24.0 Å². The monoisotopic (exact) mass is 398 g/mol. The quantitative estimate of drug-likeness (QED) is 0.375. The first-order valence-corrected chi connectivity index (χ1v) is 7.61. The molecule has 20 heavy (non-hydrogen) atoms. The van der Waals surface area contributed by atoms with Crippen molar-refractivity contribution in [2.75, 3.05) is 27.2 Å². The highest BCUT2D eigenvalue weighted by Gasteiger charge is 2.13. The molecule has 0 aromatic carbocycles. The van der Waals surface area contributed by atoms with Crippen molar-refractivity contribution in [2.45, 2.75) is 59.5 Å². The molecule has 0 saturated heterocycles. The average Bonchev–Trinajstić information content (AvgIpc) is 2.33. The fraction of sp³-hybridized carbons (Fsp3) is 0.933. The van der Waals surface area contributed by atoms with Crippen molar-refractivity contribution in [3.63, 3.8) is 0 Å². The molecule has 0 heterocycles. The van der Waals surface area contributed by atoms with E-state index in [2.05, 4.69) is 64.2 Å². The molecule has 0 radical (unpaired) electrons. The van der Waals surface area contributed by atoms with Gasteiger partial charge in [-0.3, -0.25) is 4.99 Å². The third kappa shape index (κ3) is 10.7. The fourth-order valence-electron chi connectivity index (χ4n) is 1.84. The molecule has 0 aliphatic heterocycles. The summed E-state index contributed by atoms with van der Waals surface area (Å²) < 4.78 is 0. The zero-order chi connectivity index (χ0) is 14.8. The van der Waals surface area contributed by atoms with Crippen LogP contribution in [-0.4, -0.2) is 50.1 Å². The van der Waals surface area contributed by atoms with Crippen LogP contribution in [0, 0.1) is 5.92 Å². The highest BCUT2D eigenvalue weighted by Crippen LogP contribution is 2.09. The molecule has 0 amide bonds. The van der Waals surface area contributed by atoms with E-state index < -0.39 is 0 Å². The lowest BCUT2D eigenvalue weighted by molar-refractivity contribution is 0.261. The van der Waals surface area contributed by atoms with Gasteiger partial charge in [-0.05, 0) is 46.7 Å². The van der Waals surface area contributed by atoms with Crippen LogP contribution < -0.4 is 10.6 Å². The van der Waals surface area contributed by atoms with Gasteiger partial charge >= 0.3 is 0 Å². The summed E-state index contributed by atoms with van der Waals surface area (Å²) in [6.45, 7) is 12.8. The number of likely N-dealkylation sites (N-methyl/N-ethyl adjacent to an activating group) is 1. The van der Waals surface area contributed by atoms with Gasteiger partial charge in [-0.2, -0.15) is 0 Å². The van der Waals surface area contributed by atoms with E-state index >= 15 is 0 Å². The zero-order valence-corrected chi connectivity index (χ0v) is 16.7. The topological polar surface area (TPSA) is 39.7 Å². The molecule has 0 aliphatic rings. The second-order valence-electron chi connectivity index (χ2n) is 5.92. The lowest BCUT2D eigenvalue weighted by Crippen LogP contribution is -2.43. The van der Waals surface area contributed by atoms with Crippen molar-refractivity contribution >= 4 is 29.9 Å². The summed E-state index contributed by atoms with van der Waals surface area (Å²) in [5.74, 6) is 1.64. The molecule has 0 fully saturated rings. The van der Waals surface area contributed by atoms with Gasteiger partial charge in [0.15, 0.2) is 5.96 Å². The van der Waals surface area contributed by atoms with Crippen molar-refractivity contribution < 1.29 is 0 Å². The Morgan fingerprint density at radius 1 is 1.15 bits per heavy atom. The minimum absolute atomic E-state index is 0. The number of nitrogens with one attached hydrogen (secondary N) is 2. The highest BCUT2D eigenvalue weighted by atomic mass is 127. The Kier molecular flexibility index (Phi) is 14.1. The zero-order valence-electron chi connectivity index (χ0n) is 14.4. The highest BCUT2D eigenvalue weighted by molar-refractivity contribution is 14.0. The predicted octanol–water partition coefficient (Wildman–Crippen LogP) is 2.93. The van der Waals surface area contributed by atoms with E-state index in [9.17, 15) is 0 Å². The average molecular weight is 398 g/mol. The van der Waals surface area contributed by atoms with E-state index in [1.165, 1.54) is 6.42 Å². The van der Waals surface area contributed by atoms with Crippen LogP contribution >= 0.6 is 24.0 Å². The van der Waals surface area contributed by atoms with E-state index in [4.69, 9.17) is 4.99 Å². The first kappa shape index (κ1) is 22.2. The van der Waals surface area contributed by atoms with Crippen LogP contribution in [0.3, 0.4) is 0 Å². The predicted molar refractivity (Wildman–Crippen MR) is 101 cm³/mol. The van der Waals surface area contributed by atoms with Crippen LogP contribution in [0.25, 0.3) is 0 Å². The molecule has 122 valence electrons. The van der Waals surface area contributed by atoms with E-state index in [-0.39, 0.29) is 24.0 Å². The molecule has 0 spiro atoms. The van der Waals surface area contributed by atoms with Crippen LogP contribution in [-0.2, 0) is 0 Å². The van der Waals surface area contributed by atoms with Crippen molar-refractivity contribution in [3.05, 3.63) is 0 Å². The lowest BCUT2D eigenvalue weighted by atomic mass is 10.0. The number of guanidine groups is 1. The van der Waals surface area contributed by atoms with Crippen molar-refractivity contribution in [3.8, 4) is 0 Å². The first-order chi connectivity index (χ1) is 8.90. The number of halogens is 1. The molecule has 5 heteroatoms. The van der Waals surface area contributed by atoms with Crippen LogP contribution in [0.5, 0.6) is 0 Å².